The lowest BCUT2D eigenvalue weighted by Crippen LogP contribution is -2.70. The number of esters is 3. The lowest BCUT2D eigenvalue weighted by atomic mass is 9.54. The first-order valence-electron chi connectivity index (χ1n) is 12.5. The molecular formula is C26H36O11. The monoisotopic (exact) mass is 524 g/mol. The smallest absolute Gasteiger partial charge is 0.303 e. The van der Waals surface area contributed by atoms with Crippen LogP contribution in [0.1, 0.15) is 54.9 Å². The summed E-state index contributed by atoms with van der Waals surface area (Å²) < 4.78 is 22.6. The first kappa shape index (κ1) is 27.7. The van der Waals surface area contributed by atoms with Crippen molar-refractivity contribution >= 4 is 23.7 Å². The predicted molar refractivity (Wildman–Crippen MR) is 125 cm³/mol. The summed E-state index contributed by atoms with van der Waals surface area (Å²) in [7, 11) is 0. The van der Waals surface area contributed by atoms with Crippen molar-refractivity contribution in [3.63, 3.8) is 0 Å². The van der Waals surface area contributed by atoms with Crippen LogP contribution in [0.5, 0.6) is 0 Å². The van der Waals surface area contributed by atoms with E-state index in [-0.39, 0.29) is 12.2 Å². The highest BCUT2D eigenvalue weighted by Crippen LogP contribution is 2.64. The molecule has 2 saturated carbocycles. The molecule has 4 aliphatic rings. The summed E-state index contributed by atoms with van der Waals surface area (Å²) in [4.78, 5) is 49.8. The molecule has 3 fully saturated rings. The molecule has 1 aliphatic heterocycles. The maximum Gasteiger partial charge on any atom is 0.303 e. The number of fused-ring (bicyclic) bond motifs is 2. The van der Waals surface area contributed by atoms with Crippen LogP contribution >= 0.6 is 0 Å². The standard InChI is InChI=1S/C26H36O11/c1-11-8-17-25(32)12(2)9-16(30)18-19(25)21(37-23(18,6)7)24(31,10-34-13(3)27)22(36-15(5)29)26(17,33)20(11)35-14(4)28/h8,12,17-22,31-33H,9-10H2,1-7H3. The van der Waals surface area contributed by atoms with Crippen LogP contribution in [-0.4, -0.2) is 86.3 Å². The molecule has 11 nitrogen and oxygen atoms in total. The predicted octanol–water partition coefficient (Wildman–Crippen LogP) is 0.215. The molecule has 0 bridgehead atoms. The van der Waals surface area contributed by atoms with Gasteiger partial charge in [-0.3, -0.25) is 19.2 Å². The van der Waals surface area contributed by atoms with Crippen molar-refractivity contribution in [2.75, 3.05) is 6.61 Å². The van der Waals surface area contributed by atoms with E-state index >= 15 is 0 Å². The Balaban J connectivity index is 2.07. The fraction of sp³-hybridized carbons (Fsp3) is 0.769. The quantitative estimate of drug-likeness (QED) is 0.261. The molecule has 1 heterocycles. The largest absolute Gasteiger partial charge is 0.463 e. The molecule has 37 heavy (non-hydrogen) atoms. The van der Waals surface area contributed by atoms with Gasteiger partial charge < -0.3 is 34.3 Å². The number of ketones is 1. The Morgan fingerprint density at radius 2 is 1.62 bits per heavy atom. The van der Waals surface area contributed by atoms with Gasteiger partial charge in [-0.25, -0.2) is 0 Å². The molecule has 10 unspecified atom stereocenters. The molecule has 1 saturated heterocycles. The first-order chi connectivity index (χ1) is 16.9. The molecule has 10 atom stereocenters. The summed E-state index contributed by atoms with van der Waals surface area (Å²) in [6.45, 7) is 9.12. The van der Waals surface area contributed by atoms with Crippen molar-refractivity contribution in [3.8, 4) is 0 Å². The Hall–Kier alpha value is -2.34. The summed E-state index contributed by atoms with van der Waals surface area (Å²) in [5, 5.41) is 37.5. The molecule has 0 amide bonds. The molecule has 0 radical (unpaired) electrons. The summed E-state index contributed by atoms with van der Waals surface area (Å²) in [6.07, 6.45) is -3.21. The number of Topliss-reactive ketones (excluding diaryl/α,β-unsaturated/α-hetero) is 1. The van der Waals surface area contributed by atoms with E-state index in [1.165, 1.54) is 0 Å². The third-order valence-corrected chi connectivity index (χ3v) is 8.74. The number of carbonyl (C=O) groups is 4. The van der Waals surface area contributed by atoms with Crippen LogP contribution in [0.2, 0.25) is 0 Å². The Labute approximate surface area is 215 Å². The molecule has 0 aromatic rings. The number of carbonyl (C=O) groups excluding carboxylic acids is 4. The minimum Gasteiger partial charge on any atom is -0.463 e. The minimum absolute atomic E-state index is 0.0323. The maximum absolute atomic E-state index is 13.4. The maximum atomic E-state index is 13.4. The molecule has 4 rings (SSSR count). The number of hydrogen-bond donors (Lipinski definition) is 3. The van der Waals surface area contributed by atoms with Crippen molar-refractivity contribution in [3.05, 3.63) is 11.6 Å². The van der Waals surface area contributed by atoms with E-state index in [2.05, 4.69) is 0 Å². The number of hydrogen-bond acceptors (Lipinski definition) is 11. The number of rotatable bonds is 4. The van der Waals surface area contributed by atoms with Gasteiger partial charge in [-0.2, -0.15) is 0 Å². The van der Waals surface area contributed by atoms with Gasteiger partial charge >= 0.3 is 17.9 Å². The second-order valence-electron chi connectivity index (χ2n) is 11.6. The fourth-order valence-corrected chi connectivity index (χ4v) is 7.48. The van der Waals surface area contributed by atoms with Crippen molar-refractivity contribution in [2.24, 2.45) is 23.7 Å². The first-order valence-corrected chi connectivity index (χ1v) is 12.5. The molecule has 3 N–H and O–H groups in total. The lowest BCUT2D eigenvalue weighted by Gasteiger charge is -2.52. The number of aliphatic hydroxyl groups is 3. The van der Waals surface area contributed by atoms with E-state index in [1.807, 2.05) is 0 Å². The summed E-state index contributed by atoms with van der Waals surface area (Å²) in [5.74, 6) is -6.57. The average Bonchev–Trinajstić information content (AvgIpc) is 3.19. The zero-order valence-corrected chi connectivity index (χ0v) is 22.1. The van der Waals surface area contributed by atoms with E-state index in [4.69, 9.17) is 18.9 Å². The third-order valence-electron chi connectivity index (χ3n) is 8.74. The Morgan fingerprint density at radius 3 is 2.16 bits per heavy atom. The summed E-state index contributed by atoms with van der Waals surface area (Å²) in [6, 6.07) is 0. The van der Waals surface area contributed by atoms with Gasteiger partial charge in [-0.1, -0.05) is 13.0 Å². The zero-order chi connectivity index (χ0) is 27.9. The van der Waals surface area contributed by atoms with Crippen LogP contribution in [0.4, 0.5) is 0 Å². The molecule has 11 heteroatoms. The van der Waals surface area contributed by atoms with Gasteiger partial charge in [0.1, 0.15) is 18.5 Å². The highest BCUT2D eigenvalue weighted by atomic mass is 16.6. The van der Waals surface area contributed by atoms with Gasteiger partial charge in [-0.05, 0) is 32.3 Å². The molecular weight excluding hydrogens is 488 g/mol. The summed E-state index contributed by atoms with van der Waals surface area (Å²) >= 11 is 0. The van der Waals surface area contributed by atoms with Crippen LogP contribution in [0.3, 0.4) is 0 Å². The van der Waals surface area contributed by atoms with Gasteiger partial charge in [0, 0.05) is 39.0 Å². The van der Waals surface area contributed by atoms with Crippen molar-refractivity contribution < 1.29 is 53.4 Å². The molecule has 0 aromatic heterocycles. The second-order valence-corrected chi connectivity index (χ2v) is 11.6. The Bertz CT molecular complexity index is 1060. The van der Waals surface area contributed by atoms with Crippen LogP contribution in [0.15, 0.2) is 11.6 Å². The van der Waals surface area contributed by atoms with Crippen molar-refractivity contribution in [1.82, 2.24) is 0 Å². The van der Waals surface area contributed by atoms with E-state index in [1.54, 1.807) is 33.8 Å². The molecule has 3 aliphatic carbocycles. The summed E-state index contributed by atoms with van der Waals surface area (Å²) in [5.41, 5.74) is -7.52. The van der Waals surface area contributed by atoms with E-state index in [9.17, 15) is 34.5 Å². The average molecular weight is 525 g/mol. The molecule has 206 valence electrons. The van der Waals surface area contributed by atoms with Crippen LogP contribution in [-0.2, 0) is 38.1 Å². The van der Waals surface area contributed by atoms with Gasteiger partial charge in [0.05, 0.1) is 17.1 Å². The third kappa shape index (κ3) is 3.77. The minimum atomic E-state index is -2.44. The van der Waals surface area contributed by atoms with Crippen LogP contribution in [0.25, 0.3) is 0 Å². The van der Waals surface area contributed by atoms with E-state index in [0.29, 0.717) is 5.57 Å². The van der Waals surface area contributed by atoms with Gasteiger partial charge in [-0.15, -0.1) is 0 Å². The fourth-order valence-electron chi connectivity index (χ4n) is 7.48. The highest BCUT2D eigenvalue weighted by molar-refractivity contribution is 5.85. The van der Waals surface area contributed by atoms with Gasteiger partial charge in [0.15, 0.2) is 23.4 Å². The zero-order valence-electron chi connectivity index (χ0n) is 22.1. The topological polar surface area (TPSA) is 166 Å². The molecule has 0 aromatic carbocycles. The van der Waals surface area contributed by atoms with E-state index in [0.717, 1.165) is 20.8 Å². The lowest BCUT2D eigenvalue weighted by molar-refractivity contribution is -0.265. The second kappa shape index (κ2) is 8.59. The van der Waals surface area contributed by atoms with Crippen molar-refractivity contribution in [1.29, 1.82) is 0 Å². The van der Waals surface area contributed by atoms with Gasteiger partial charge in [0.2, 0.25) is 0 Å². The highest BCUT2D eigenvalue weighted by Gasteiger charge is 2.80. The number of ether oxygens (including phenoxy) is 4. The Morgan fingerprint density at radius 1 is 1.03 bits per heavy atom. The van der Waals surface area contributed by atoms with Crippen molar-refractivity contribution in [2.45, 2.75) is 95.6 Å². The van der Waals surface area contributed by atoms with Gasteiger partial charge in [0.25, 0.3) is 0 Å². The van der Waals surface area contributed by atoms with Crippen LogP contribution < -0.4 is 0 Å². The van der Waals surface area contributed by atoms with Crippen LogP contribution in [0, 0.1) is 23.7 Å². The molecule has 0 spiro atoms. The van der Waals surface area contributed by atoms with E-state index < -0.39 is 88.9 Å². The SMILES string of the molecule is CC(=O)OCC1(O)C2OC(C)(C)C3C(=O)CC(C)C(O)(C32)C2C=C(C)C(OC(C)=O)C2(O)C1OC(C)=O. The normalized spacial score (nSPS) is 45.7. The Kier molecular flexibility index (Phi) is 6.43.